The van der Waals surface area contributed by atoms with E-state index in [2.05, 4.69) is 30.7 Å². The van der Waals surface area contributed by atoms with Crippen LogP contribution in [0.4, 0.5) is 51.2 Å². The van der Waals surface area contributed by atoms with E-state index in [4.69, 9.17) is 4.74 Å². The zero-order chi connectivity index (χ0) is 29.8. The van der Waals surface area contributed by atoms with Crippen molar-refractivity contribution in [1.82, 2.24) is 9.97 Å². The third-order valence-corrected chi connectivity index (χ3v) is 6.83. The molecule has 3 rings (SSSR count). The molecule has 216 valence electrons. The molecule has 40 heavy (non-hydrogen) atoms. The quantitative estimate of drug-likeness (QED) is 0.300. The molecule has 3 N–H and O–H groups in total. The standard InChI is InChI=1S/C24H26F4N6O5S/c1-13-8-18(20(38-3)10-17(13)32-23(35)39-4)31-22-30-12-16(24(26,27)28)21(33-22)29-11-14-6-7-15(25)9-19(14)34(2)40(5,36)37/h6-10,12H,11H2,1-5H3,(H,32,35)(H2,29,30,31,33). The van der Waals surface area contributed by atoms with Crippen LogP contribution in [0.15, 0.2) is 36.5 Å². The van der Waals surface area contributed by atoms with Gasteiger partial charge in [0.1, 0.15) is 22.9 Å². The lowest BCUT2D eigenvalue weighted by Crippen LogP contribution is -2.26. The Bertz CT molecular complexity index is 1520. The molecule has 0 saturated carbocycles. The monoisotopic (exact) mass is 586 g/mol. The first-order valence-electron chi connectivity index (χ1n) is 11.3. The van der Waals surface area contributed by atoms with E-state index in [0.717, 1.165) is 22.7 Å². The molecule has 0 unspecified atom stereocenters. The number of sulfonamides is 1. The van der Waals surface area contributed by atoms with Gasteiger partial charge in [-0.2, -0.15) is 18.2 Å². The number of hydrogen-bond acceptors (Lipinski definition) is 9. The maximum Gasteiger partial charge on any atom is 0.421 e. The van der Waals surface area contributed by atoms with Gasteiger partial charge in [0, 0.05) is 25.9 Å². The number of amides is 1. The van der Waals surface area contributed by atoms with Gasteiger partial charge in [-0.3, -0.25) is 9.62 Å². The second kappa shape index (κ2) is 11.8. The van der Waals surface area contributed by atoms with Gasteiger partial charge in [-0.25, -0.2) is 22.6 Å². The molecule has 0 aliphatic carbocycles. The molecular weight excluding hydrogens is 560 g/mol. The van der Waals surface area contributed by atoms with Crippen LogP contribution in [0.5, 0.6) is 5.75 Å². The Morgan fingerprint density at radius 1 is 1.12 bits per heavy atom. The Labute approximate surface area is 227 Å². The minimum Gasteiger partial charge on any atom is -0.494 e. The maximum absolute atomic E-state index is 13.9. The van der Waals surface area contributed by atoms with Crippen molar-refractivity contribution in [2.75, 3.05) is 47.8 Å². The minimum atomic E-state index is -4.83. The third kappa shape index (κ3) is 7.19. The van der Waals surface area contributed by atoms with Crippen molar-refractivity contribution in [3.63, 3.8) is 0 Å². The largest absolute Gasteiger partial charge is 0.494 e. The summed E-state index contributed by atoms with van der Waals surface area (Å²) in [7, 11) is -0.0400. The van der Waals surface area contributed by atoms with Gasteiger partial charge in [-0.1, -0.05) is 6.07 Å². The number of hydrogen-bond donors (Lipinski definition) is 3. The molecule has 16 heteroatoms. The first-order chi connectivity index (χ1) is 18.6. The van der Waals surface area contributed by atoms with Gasteiger partial charge >= 0.3 is 12.3 Å². The molecule has 11 nitrogen and oxygen atoms in total. The second-order valence-corrected chi connectivity index (χ2v) is 10.4. The highest BCUT2D eigenvalue weighted by atomic mass is 32.2. The fraction of sp³-hybridized carbons (Fsp3) is 0.292. The van der Waals surface area contributed by atoms with Gasteiger partial charge in [-0.05, 0) is 36.2 Å². The summed E-state index contributed by atoms with van der Waals surface area (Å²) in [5, 5.41) is 7.87. The number of aryl methyl sites for hydroxylation is 1. The number of nitrogens with zero attached hydrogens (tertiary/aromatic N) is 3. The SMILES string of the molecule is COC(=O)Nc1cc(OC)c(Nc2ncc(C(F)(F)F)c(NCc3ccc(F)cc3N(C)S(C)(=O)=O)n2)cc1C. The summed E-state index contributed by atoms with van der Waals surface area (Å²) >= 11 is 0. The Morgan fingerprint density at radius 2 is 1.82 bits per heavy atom. The summed E-state index contributed by atoms with van der Waals surface area (Å²) in [4.78, 5) is 19.3. The number of halogens is 4. The summed E-state index contributed by atoms with van der Waals surface area (Å²) in [5.41, 5.74) is 0.186. The zero-order valence-electron chi connectivity index (χ0n) is 22.0. The van der Waals surface area contributed by atoms with E-state index in [1.165, 1.54) is 33.4 Å². The first kappa shape index (κ1) is 30.2. The van der Waals surface area contributed by atoms with E-state index in [1.54, 1.807) is 13.0 Å². The molecule has 0 fully saturated rings. The Kier molecular flexibility index (Phi) is 8.92. The molecule has 1 aromatic heterocycles. The lowest BCUT2D eigenvalue weighted by atomic mass is 10.1. The van der Waals surface area contributed by atoms with Crippen LogP contribution in [-0.2, 0) is 27.5 Å². The summed E-state index contributed by atoms with van der Waals surface area (Å²) < 4.78 is 89.9. The predicted octanol–water partition coefficient (Wildman–Crippen LogP) is 4.88. The second-order valence-electron chi connectivity index (χ2n) is 8.42. The van der Waals surface area contributed by atoms with Gasteiger partial charge < -0.3 is 20.1 Å². The number of anilines is 5. The molecule has 0 aliphatic rings. The van der Waals surface area contributed by atoms with E-state index in [1.807, 2.05) is 0 Å². The van der Waals surface area contributed by atoms with Crippen LogP contribution >= 0.6 is 0 Å². The smallest absolute Gasteiger partial charge is 0.421 e. The van der Waals surface area contributed by atoms with Crippen molar-refractivity contribution >= 4 is 44.9 Å². The predicted molar refractivity (Wildman–Crippen MR) is 141 cm³/mol. The van der Waals surface area contributed by atoms with Gasteiger partial charge in [0.2, 0.25) is 16.0 Å². The van der Waals surface area contributed by atoms with Gasteiger partial charge in [-0.15, -0.1) is 0 Å². The normalized spacial score (nSPS) is 11.5. The van der Waals surface area contributed by atoms with Crippen molar-refractivity contribution in [1.29, 1.82) is 0 Å². The number of nitrogens with one attached hydrogen (secondary N) is 3. The lowest BCUT2D eigenvalue weighted by molar-refractivity contribution is -0.137. The molecule has 0 bridgehead atoms. The number of benzene rings is 2. The average Bonchev–Trinajstić information content (AvgIpc) is 2.87. The van der Waals surface area contributed by atoms with Crippen LogP contribution in [0, 0.1) is 12.7 Å². The molecule has 0 aliphatic heterocycles. The van der Waals surface area contributed by atoms with Crippen LogP contribution in [-0.4, -0.2) is 52.0 Å². The molecule has 2 aromatic carbocycles. The van der Waals surface area contributed by atoms with Crippen LogP contribution in [0.3, 0.4) is 0 Å². The molecule has 0 spiro atoms. The number of rotatable bonds is 9. The number of ether oxygens (including phenoxy) is 2. The van der Waals surface area contributed by atoms with Crippen molar-refractivity contribution in [3.8, 4) is 5.75 Å². The summed E-state index contributed by atoms with van der Waals surface area (Å²) in [6, 6.07) is 6.31. The van der Waals surface area contributed by atoms with Gasteiger partial charge in [0.15, 0.2) is 0 Å². The van der Waals surface area contributed by atoms with Gasteiger partial charge in [0.05, 0.1) is 37.5 Å². The van der Waals surface area contributed by atoms with E-state index >= 15 is 0 Å². The molecule has 0 atom stereocenters. The van der Waals surface area contributed by atoms with Crippen molar-refractivity contribution < 1.29 is 40.2 Å². The summed E-state index contributed by atoms with van der Waals surface area (Å²) in [5.74, 6) is -1.35. The molecular formula is C24H26F4N6O5S. The average molecular weight is 587 g/mol. The lowest BCUT2D eigenvalue weighted by Gasteiger charge is -2.21. The molecule has 1 amide bonds. The van der Waals surface area contributed by atoms with Crippen molar-refractivity contribution in [3.05, 3.63) is 59.0 Å². The minimum absolute atomic E-state index is 0.0585. The third-order valence-electron chi connectivity index (χ3n) is 5.64. The number of alkyl halides is 3. The molecule has 0 saturated heterocycles. The molecule has 0 radical (unpaired) electrons. The Hall–Kier alpha value is -4.34. The van der Waals surface area contributed by atoms with Crippen LogP contribution in [0.2, 0.25) is 0 Å². The van der Waals surface area contributed by atoms with Crippen molar-refractivity contribution in [2.24, 2.45) is 0 Å². The number of carbonyl (C=O) groups is 1. The molecule has 1 heterocycles. The van der Waals surface area contributed by atoms with Crippen LogP contribution in [0.1, 0.15) is 16.7 Å². The van der Waals surface area contributed by atoms with E-state index in [9.17, 15) is 30.8 Å². The van der Waals surface area contributed by atoms with Crippen LogP contribution < -0.4 is 25.0 Å². The Morgan fingerprint density at radius 3 is 2.42 bits per heavy atom. The fourth-order valence-electron chi connectivity index (χ4n) is 3.49. The highest BCUT2D eigenvalue weighted by Crippen LogP contribution is 2.36. The van der Waals surface area contributed by atoms with Crippen LogP contribution in [0.25, 0.3) is 0 Å². The summed E-state index contributed by atoms with van der Waals surface area (Å²) in [6.45, 7) is 1.34. The Balaban J connectivity index is 1.97. The summed E-state index contributed by atoms with van der Waals surface area (Å²) in [6.07, 6.45) is -4.04. The van der Waals surface area contributed by atoms with Gasteiger partial charge in [0.25, 0.3) is 0 Å². The van der Waals surface area contributed by atoms with Crippen molar-refractivity contribution in [2.45, 2.75) is 19.6 Å². The maximum atomic E-state index is 13.9. The highest BCUT2D eigenvalue weighted by molar-refractivity contribution is 7.92. The highest BCUT2D eigenvalue weighted by Gasteiger charge is 2.35. The van der Waals surface area contributed by atoms with E-state index in [0.29, 0.717) is 17.4 Å². The zero-order valence-corrected chi connectivity index (χ0v) is 22.8. The van der Waals surface area contributed by atoms with E-state index in [-0.39, 0.29) is 35.2 Å². The van der Waals surface area contributed by atoms with E-state index < -0.39 is 39.5 Å². The fourth-order valence-corrected chi connectivity index (χ4v) is 4.02. The first-order valence-corrected chi connectivity index (χ1v) is 13.2. The topological polar surface area (TPSA) is 135 Å². The number of methoxy groups -OCH3 is 2. The number of carbonyl (C=O) groups excluding carboxylic acids is 1. The number of aromatic nitrogens is 2. The molecule has 3 aromatic rings.